The fraction of sp³-hybridized carbons (Fsp3) is 0.794. The summed E-state index contributed by atoms with van der Waals surface area (Å²) in [5.74, 6) is 1.00. The largest absolute Gasteiger partial charge is 0.417 e. The standard InChI is InChI=1S/C34H66O4Si2/c1-14-40(15-2,16-3)37-27-29(5)22-23-32(38-39(12,13)34(8,9)10)25-33(36-11)31(7)21-19-17-18-20-28(4)24-30(6)26-35/h17-21,26,28-30,32-33H,14-16,22-25,27H2,1-13H3/b19-17+,20-18+,31-21+/t28-,29-,30-,32+,33+/m1/s1. The van der Waals surface area contributed by atoms with Crippen LogP contribution in [0.25, 0.3) is 0 Å². The van der Waals surface area contributed by atoms with Gasteiger partial charge in [-0.15, -0.1) is 0 Å². The SMILES string of the molecule is CC[Si](CC)(CC)OC[C@H](C)CC[C@@H](C[C@H](OC)/C(C)=C/C=C/C=C/[C@@H](C)C[C@@H](C)C=O)O[Si](C)(C)C(C)(C)C. The molecule has 0 amide bonds. The molecular formula is C34H66O4Si2. The Bertz CT molecular complexity index is 769. The van der Waals surface area contributed by atoms with E-state index in [4.69, 9.17) is 13.6 Å². The quantitative estimate of drug-likeness (QED) is 0.0753. The van der Waals surface area contributed by atoms with Gasteiger partial charge in [0.1, 0.15) is 6.29 Å². The number of hydrogen-bond donors (Lipinski definition) is 0. The first kappa shape index (κ1) is 39.2. The normalized spacial score (nSPS) is 17.8. The molecule has 0 aromatic heterocycles. The average Bonchev–Trinajstić information content (AvgIpc) is 2.89. The summed E-state index contributed by atoms with van der Waals surface area (Å²) in [5.41, 5.74) is 1.21. The number of carbonyl (C=O) groups is 1. The van der Waals surface area contributed by atoms with Gasteiger partial charge in [0.15, 0.2) is 16.6 Å². The Kier molecular flexibility index (Phi) is 19.0. The lowest BCUT2D eigenvalue weighted by molar-refractivity contribution is -0.111. The lowest BCUT2D eigenvalue weighted by Gasteiger charge is -2.40. The van der Waals surface area contributed by atoms with Crippen molar-refractivity contribution < 1.29 is 18.4 Å². The van der Waals surface area contributed by atoms with Crippen molar-refractivity contribution in [3.8, 4) is 0 Å². The summed E-state index contributed by atoms with van der Waals surface area (Å²) in [6.45, 7) is 28.0. The van der Waals surface area contributed by atoms with Crippen LogP contribution in [0.5, 0.6) is 0 Å². The molecule has 5 atom stereocenters. The Balaban J connectivity index is 5.45. The third kappa shape index (κ3) is 14.9. The third-order valence-electron chi connectivity index (χ3n) is 9.12. The Morgan fingerprint density at radius 1 is 0.875 bits per heavy atom. The Labute approximate surface area is 251 Å². The predicted molar refractivity (Wildman–Crippen MR) is 180 cm³/mol. The molecule has 0 N–H and O–H groups in total. The summed E-state index contributed by atoms with van der Waals surface area (Å²) in [5, 5.41) is 0.164. The fourth-order valence-electron chi connectivity index (χ4n) is 4.81. The molecule has 0 fully saturated rings. The maximum Gasteiger partial charge on any atom is 0.192 e. The van der Waals surface area contributed by atoms with E-state index in [0.717, 1.165) is 38.6 Å². The van der Waals surface area contributed by atoms with E-state index in [1.54, 1.807) is 0 Å². The van der Waals surface area contributed by atoms with Crippen molar-refractivity contribution in [2.45, 2.75) is 143 Å². The Hall–Kier alpha value is -0.796. The molecule has 6 heteroatoms. The molecule has 0 spiro atoms. The average molecular weight is 595 g/mol. The number of ether oxygens (including phenoxy) is 1. The molecule has 0 aromatic carbocycles. The van der Waals surface area contributed by atoms with Gasteiger partial charge in [0, 0.05) is 32.2 Å². The van der Waals surface area contributed by atoms with Crippen molar-refractivity contribution in [2.24, 2.45) is 17.8 Å². The molecule has 0 aromatic rings. The molecule has 0 heterocycles. The highest BCUT2D eigenvalue weighted by Gasteiger charge is 2.39. The van der Waals surface area contributed by atoms with Crippen LogP contribution in [-0.4, -0.2) is 48.8 Å². The highest BCUT2D eigenvalue weighted by molar-refractivity contribution is 6.74. The van der Waals surface area contributed by atoms with Crippen LogP contribution in [0, 0.1) is 17.8 Å². The van der Waals surface area contributed by atoms with Gasteiger partial charge >= 0.3 is 0 Å². The van der Waals surface area contributed by atoms with Gasteiger partial charge < -0.3 is 18.4 Å². The first-order valence-electron chi connectivity index (χ1n) is 15.9. The van der Waals surface area contributed by atoms with Crippen LogP contribution in [0.15, 0.2) is 36.0 Å². The van der Waals surface area contributed by atoms with Crippen LogP contribution >= 0.6 is 0 Å². The third-order valence-corrected chi connectivity index (χ3v) is 18.3. The number of allylic oxidation sites excluding steroid dienone is 5. The van der Waals surface area contributed by atoms with E-state index in [2.05, 4.69) is 106 Å². The van der Waals surface area contributed by atoms with Crippen molar-refractivity contribution in [1.82, 2.24) is 0 Å². The molecule has 0 saturated carbocycles. The van der Waals surface area contributed by atoms with Crippen LogP contribution in [-0.2, 0) is 18.4 Å². The van der Waals surface area contributed by atoms with E-state index in [-0.39, 0.29) is 23.2 Å². The molecule has 0 aliphatic rings. The van der Waals surface area contributed by atoms with Crippen molar-refractivity contribution >= 4 is 22.9 Å². The van der Waals surface area contributed by atoms with E-state index in [0.29, 0.717) is 11.8 Å². The van der Waals surface area contributed by atoms with Crippen LogP contribution in [0.4, 0.5) is 0 Å². The number of rotatable bonds is 21. The van der Waals surface area contributed by atoms with Gasteiger partial charge in [-0.2, -0.15) is 0 Å². The van der Waals surface area contributed by atoms with Gasteiger partial charge in [-0.1, -0.05) is 92.7 Å². The van der Waals surface area contributed by atoms with Crippen LogP contribution < -0.4 is 0 Å². The maximum absolute atomic E-state index is 10.9. The molecule has 0 aliphatic heterocycles. The summed E-state index contributed by atoms with van der Waals surface area (Å²) < 4.78 is 19.6. The van der Waals surface area contributed by atoms with Gasteiger partial charge in [0.2, 0.25) is 0 Å². The molecule has 0 aliphatic carbocycles. The Morgan fingerprint density at radius 3 is 1.98 bits per heavy atom. The van der Waals surface area contributed by atoms with Crippen molar-refractivity contribution in [2.75, 3.05) is 13.7 Å². The minimum atomic E-state index is -1.93. The van der Waals surface area contributed by atoms with E-state index in [1.165, 1.54) is 23.7 Å². The second-order valence-corrected chi connectivity index (χ2v) is 23.2. The van der Waals surface area contributed by atoms with Gasteiger partial charge in [-0.25, -0.2) is 0 Å². The summed E-state index contributed by atoms with van der Waals surface area (Å²) in [7, 11) is -1.67. The van der Waals surface area contributed by atoms with Gasteiger partial charge in [-0.05, 0) is 79.9 Å². The zero-order chi connectivity index (χ0) is 31.0. The molecule has 40 heavy (non-hydrogen) atoms. The van der Waals surface area contributed by atoms with Crippen molar-refractivity contribution in [1.29, 1.82) is 0 Å². The van der Waals surface area contributed by atoms with Crippen LogP contribution in [0.3, 0.4) is 0 Å². The molecule has 0 rings (SSSR count). The van der Waals surface area contributed by atoms with Crippen LogP contribution in [0.1, 0.15) is 94.9 Å². The fourth-order valence-corrected chi connectivity index (χ4v) is 8.96. The van der Waals surface area contributed by atoms with Crippen molar-refractivity contribution in [3.63, 3.8) is 0 Å². The number of aldehydes is 1. The zero-order valence-corrected chi connectivity index (χ0v) is 30.6. The van der Waals surface area contributed by atoms with E-state index in [1.807, 2.05) is 14.0 Å². The molecule has 0 unspecified atom stereocenters. The molecular weight excluding hydrogens is 529 g/mol. The topological polar surface area (TPSA) is 44.8 Å². The molecule has 234 valence electrons. The molecule has 0 bridgehead atoms. The summed E-state index contributed by atoms with van der Waals surface area (Å²) in [4.78, 5) is 10.9. The number of methoxy groups -OCH3 is 1. The van der Waals surface area contributed by atoms with Crippen LogP contribution in [0.2, 0.25) is 36.3 Å². The summed E-state index contributed by atoms with van der Waals surface area (Å²) in [6.07, 6.45) is 15.6. The second-order valence-electron chi connectivity index (χ2n) is 13.7. The van der Waals surface area contributed by atoms with Crippen molar-refractivity contribution in [3.05, 3.63) is 36.0 Å². The van der Waals surface area contributed by atoms with Gasteiger partial charge in [0.25, 0.3) is 0 Å². The Morgan fingerprint density at radius 2 is 1.48 bits per heavy atom. The summed E-state index contributed by atoms with van der Waals surface area (Å²) in [6, 6.07) is 3.61. The monoisotopic (exact) mass is 594 g/mol. The lowest BCUT2D eigenvalue weighted by Crippen LogP contribution is -2.45. The second kappa shape index (κ2) is 19.4. The van der Waals surface area contributed by atoms with E-state index in [9.17, 15) is 4.79 Å². The maximum atomic E-state index is 10.9. The highest BCUT2D eigenvalue weighted by Crippen LogP contribution is 2.39. The molecule has 0 saturated heterocycles. The number of carbonyl (C=O) groups excluding carboxylic acids is 1. The predicted octanol–water partition coefficient (Wildman–Crippen LogP) is 10.1. The highest BCUT2D eigenvalue weighted by atomic mass is 28.4. The first-order valence-corrected chi connectivity index (χ1v) is 21.3. The van der Waals surface area contributed by atoms with Gasteiger partial charge in [0.05, 0.1) is 6.10 Å². The first-order chi connectivity index (χ1) is 18.6. The minimum absolute atomic E-state index is 0.0163. The van der Waals surface area contributed by atoms with Gasteiger partial charge in [-0.3, -0.25) is 0 Å². The molecule has 4 nitrogen and oxygen atoms in total. The smallest absolute Gasteiger partial charge is 0.192 e. The number of hydrogen-bond acceptors (Lipinski definition) is 4. The zero-order valence-electron chi connectivity index (χ0n) is 28.6. The lowest BCUT2D eigenvalue weighted by atomic mass is 9.97. The van der Waals surface area contributed by atoms with E-state index >= 15 is 0 Å². The molecule has 0 radical (unpaired) electrons. The van der Waals surface area contributed by atoms with E-state index < -0.39 is 16.6 Å². The minimum Gasteiger partial charge on any atom is -0.417 e. The summed E-state index contributed by atoms with van der Waals surface area (Å²) >= 11 is 0.